The summed E-state index contributed by atoms with van der Waals surface area (Å²) in [5, 5.41) is 26.9. The molecule has 0 radical (unpaired) electrons. The van der Waals surface area contributed by atoms with Crippen molar-refractivity contribution >= 4 is 11.3 Å². The molecule has 0 aliphatic heterocycles. The molecule has 0 atom stereocenters. The van der Waals surface area contributed by atoms with E-state index >= 15 is 0 Å². The molecule has 0 fully saturated rings. The highest BCUT2D eigenvalue weighted by Crippen LogP contribution is 2.33. The summed E-state index contributed by atoms with van der Waals surface area (Å²) in [7, 11) is 0. The van der Waals surface area contributed by atoms with Crippen molar-refractivity contribution in [3.05, 3.63) is 34.5 Å². The van der Waals surface area contributed by atoms with Crippen molar-refractivity contribution in [2.75, 3.05) is 0 Å². The quantitative estimate of drug-likeness (QED) is 0.750. The number of nitrogens with zero attached hydrogens (tertiary/aromatic N) is 2. The van der Waals surface area contributed by atoms with Gasteiger partial charge in [-0.05, 0) is 30.0 Å². The van der Waals surface area contributed by atoms with E-state index in [4.69, 9.17) is 4.52 Å². The molecule has 0 unspecified atom stereocenters. The Balaban J connectivity index is 2.04. The summed E-state index contributed by atoms with van der Waals surface area (Å²) in [5.41, 5.74) is 2.38. The number of rotatable bonds is 2. The summed E-state index contributed by atoms with van der Waals surface area (Å²) in [5.74, 6) is 0.589. The Kier molecular flexibility index (Phi) is 2.72. The molecule has 0 spiro atoms. The Hall–Kier alpha value is -2.34. The minimum Gasteiger partial charge on any atom is -0.508 e. The van der Waals surface area contributed by atoms with Gasteiger partial charge in [0.15, 0.2) is 0 Å². The number of thiophene rings is 1. The Morgan fingerprint density at radius 2 is 2.00 bits per heavy atom. The van der Waals surface area contributed by atoms with E-state index in [-0.39, 0.29) is 17.4 Å². The van der Waals surface area contributed by atoms with E-state index in [1.54, 1.807) is 11.3 Å². The zero-order valence-electron chi connectivity index (χ0n) is 9.99. The van der Waals surface area contributed by atoms with Gasteiger partial charge in [0.25, 0.3) is 5.89 Å². The summed E-state index contributed by atoms with van der Waals surface area (Å²) in [6.07, 6.45) is 0. The summed E-state index contributed by atoms with van der Waals surface area (Å²) >= 11 is 1.57. The molecule has 2 N–H and O–H groups in total. The maximum Gasteiger partial charge on any atom is 0.262 e. The third kappa shape index (κ3) is 2.06. The molecule has 0 saturated carbocycles. The van der Waals surface area contributed by atoms with E-state index in [0.29, 0.717) is 11.4 Å². The Bertz CT molecular complexity index is 733. The highest BCUT2D eigenvalue weighted by atomic mass is 32.1. The third-order valence-corrected chi connectivity index (χ3v) is 3.60. The second-order valence-corrected chi connectivity index (χ2v) is 4.84. The van der Waals surface area contributed by atoms with Crippen LogP contribution in [-0.4, -0.2) is 20.4 Å². The molecule has 3 rings (SSSR count). The normalized spacial score (nSPS) is 10.8. The number of aromatic nitrogens is 2. The fraction of sp³-hybridized carbons (Fsp3) is 0.0769. The van der Waals surface area contributed by atoms with Crippen LogP contribution in [0.4, 0.5) is 0 Å². The molecule has 0 aliphatic rings. The van der Waals surface area contributed by atoms with Crippen LogP contribution in [0, 0.1) is 6.92 Å². The molecule has 5 nitrogen and oxygen atoms in total. The number of phenolic OH excluding ortho intramolecular Hbond substituents is 2. The highest BCUT2D eigenvalue weighted by Gasteiger charge is 2.15. The van der Waals surface area contributed by atoms with Crippen molar-refractivity contribution in [1.82, 2.24) is 10.1 Å². The average Bonchev–Trinajstić information content (AvgIpc) is 2.97. The topological polar surface area (TPSA) is 79.4 Å². The largest absolute Gasteiger partial charge is 0.508 e. The lowest BCUT2D eigenvalue weighted by Gasteiger charge is -1.99. The van der Waals surface area contributed by atoms with Crippen molar-refractivity contribution in [3.8, 4) is 34.3 Å². The van der Waals surface area contributed by atoms with Crippen LogP contribution in [0.5, 0.6) is 11.5 Å². The van der Waals surface area contributed by atoms with E-state index in [1.165, 1.54) is 18.2 Å². The predicted octanol–water partition coefficient (Wildman–Crippen LogP) is 3.18. The van der Waals surface area contributed by atoms with Crippen molar-refractivity contribution in [3.63, 3.8) is 0 Å². The van der Waals surface area contributed by atoms with Gasteiger partial charge in [-0.2, -0.15) is 16.3 Å². The van der Waals surface area contributed by atoms with Crippen LogP contribution in [-0.2, 0) is 0 Å². The van der Waals surface area contributed by atoms with E-state index in [2.05, 4.69) is 10.1 Å². The smallest absolute Gasteiger partial charge is 0.262 e. The minimum absolute atomic E-state index is 0.0188. The summed E-state index contributed by atoms with van der Waals surface area (Å²) in [6, 6.07) is 4.21. The molecule has 6 heteroatoms. The molecular weight excluding hydrogens is 264 g/mol. The monoisotopic (exact) mass is 274 g/mol. The van der Waals surface area contributed by atoms with Gasteiger partial charge in [0.1, 0.15) is 11.5 Å². The van der Waals surface area contributed by atoms with Crippen molar-refractivity contribution in [2.24, 2.45) is 0 Å². The lowest BCUT2D eigenvalue weighted by molar-refractivity contribution is 0.423. The zero-order chi connectivity index (χ0) is 13.4. The lowest BCUT2D eigenvalue weighted by atomic mass is 10.2. The Morgan fingerprint density at radius 1 is 1.16 bits per heavy atom. The number of phenols is 2. The Morgan fingerprint density at radius 3 is 2.68 bits per heavy atom. The number of hydrogen-bond acceptors (Lipinski definition) is 6. The van der Waals surface area contributed by atoms with E-state index in [0.717, 1.165) is 11.1 Å². The summed E-state index contributed by atoms with van der Waals surface area (Å²) in [4.78, 5) is 4.26. The number of hydrogen-bond donors (Lipinski definition) is 2. The molecule has 0 aliphatic carbocycles. The molecule has 2 heterocycles. The fourth-order valence-electron chi connectivity index (χ4n) is 1.73. The second-order valence-electron chi connectivity index (χ2n) is 4.09. The van der Waals surface area contributed by atoms with Gasteiger partial charge in [-0.1, -0.05) is 5.16 Å². The molecule has 0 bridgehead atoms. The SMILES string of the molecule is Cc1cscc1-c1noc(-c2ccc(O)cc2O)n1. The van der Waals surface area contributed by atoms with Crippen LogP contribution in [0.3, 0.4) is 0 Å². The molecule has 2 aromatic heterocycles. The van der Waals surface area contributed by atoms with Gasteiger partial charge in [0, 0.05) is 17.0 Å². The first-order valence-corrected chi connectivity index (χ1v) is 6.48. The molecule has 0 amide bonds. The number of aryl methyl sites for hydroxylation is 1. The molecule has 96 valence electrons. The van der Waals surface area contributed by atoms with Gasteiger partial charge in [0.05, 0.1) is 5.56 Å². The Labute approximate surface area is 112 Å². The van der Waals surface area contributed by atoms with E-state index in [9.17, 15) is 10.2 Å². The zero-order valence-corrected chi connectivity index (χ0v) is 10.8. The van der Waals surface area contributed by atoms with Crippen LogP contribution in [0.15, 0.2) is 33.5 Å². The van der Waals surface area contributed by atoms with Crippen molar-refractivity contribution in [2.45, 2.75) is 6.92 Å². The van der Waals surface area contributed by atoms with Crippen molar-refractivity contribution < 1.29 is 14.7 Å². The molecule has 0 saturated heterocycles. The minimum atomic E-state index is -0.0998. The van der Waals surface area contributed by atoms with Crippen LogP contribution in [0.25, 0.3) is 22.8 Å². The van der Waals surface area contributed by atoms with Gasteiger partial charge in [-0.25, -0.2) is 0 Å². The van der Waals surface area contributed by atoms with Gasteiger partial charge >= 0.3 is 0 Å². The van der Waals surface area contributed by atoms with Gasteiger partial charge in [-0.15, -0.1) is 0 Å². The first-order chi connectivity index (χ1) is 9.15. The molecule has 19 heavy (non-hydrogen) atoms. The third-order valence-electron chi connectivity index (χ3n) is 2.73. The maximum absolute atomic E-state index is 9.75. The standard InChI is InChI=1S/C13H10N2O3S/c1-7-5-19-6-10(7)12-14-13(18-15-12)9-3-2-8(16)4-11(9)17/h2-6,16-17H,1H3. The summed E-state index contributed by atoms with van der Waals surface area (Å²) in [6.45, 7) is 1.97. The van der Waals surface area contributed by atoms with E-state index < -0.39 is 0 Å². The van der Waals surface area contributed by atoms with Crippen LogP contribution >= 0.6 is 11.3 Å². The van der Waals surface area contributed by atoms with Crippen LogP contribution in [0.2, 0.25) is 0 Å². The number of benzene rings is 1. The molecule has 3 aromatic rings. The predicted molar refractivity (Wildman–Crippen MR) is 71.1 cm³/mol. The first kappa shape index (κ1) is 11.7. The molecular formula is C13H10N2O3S. The van der Waals surface area contributed by atoms with E-state index in [1.807, 2.05) is 17.7 Å². The first-order valence-electron chi connectivity index (χ1n) is 5.54. The maximum atomic E-state index is 9.75. The highest BCUT2D eigenvalue weighted by molar-refractivity contribution is 7.08. The summed E-state index contributed by atoms with van der Waals surface area (Å²) < 4.78 is 5.15. The second kappa shape index (κ2) is 4.40. The van der Waals surface area contributed by atoms with Gasteiger partial charge in [-0.3, -0.25) is 0 Å². The van der Waals surface area contributed by atoms with Crippen LogP contribution < -0.4 is 0 Å². The number of aromatic hydroxyl groups is 2. The van der Waals surface area contributed by atoms with Gasteiger partial charge in [0.2, 0.25) is 5.82 Å². The van der Waals surface area contributed by atoms with Crippen LogP contribution in [0.1, 0.15) is 5.56 Å². The van der Waals surface area contributed by atoms with Crippen molar-refractivity contribution in [1.29, 1.82) is 0 Å². The average molecular weight is 274 g/mol. The molecule has 1 aromatic carbocycles. The fourth-order valence-corrected chi connectivity index (χ4v) is 2.56. The lowest BCUT2D eigenvalue weighted by Crippen LogP contribution is -1.81. The van der Waals surface area contributed by atoms with Gasteiger partial charge < -0.3 is 14.7 Å².